The third kappa shape index (κ3) is 5.00. The maximum atomic E-state index is 12.6. The molecule has 0 aliphatic carbocycles. The minimum atomic E-state index is -0.147. The molecule has 4 aromatic rings. The van der Waals surface area contributed by atoms with Gasteiger partial charge < -0.3 is 15.0 Å². The summed E-state index contributed by atoms with van der Waals surface area (Å²) in [6, 6.07) is 12.6. The lowest BCUT2D eigenvalue weighted by Crippen LogP contribution is -2.24. The van der Waals surface area contributed by atoms with Gasteiger partial charge in [-0.2, -0.15) is 4.98 Å². The lowest BCUT2D eigenvalue weighted by Gasteiger charge is -2.11. The van der Waals surface area contributed by atoms with E-state index in [4.69, 9.17) is 16.3 Å². The number of fused-ring (bicyclic) bond motifs is 1. The van der Waals surface area contributed by atoms with Crippen LogP contribution in [-0.2, 0) is 6.42 Å². The highest BCUT2D eigenvalue weighted by molar-refractivity contribution is 6.30. The van der Waals surface area contributed by atoms with E-state index in [0.717, 1.165) is 29.6 Å². The van der Waals surface area contributed by atoms with Crippen molar-refractivity contribution >= 4 is 28.4 Å². The summed E-state index contributed by atoms with van der Waals surface area (Å²) in [6.07, 6.45) is 5.09. The van der Waals surface area contributed by atoms with E-state index in [1.165, 1.54) is 0 Å². The first kappa shape index (κ1) is 20.8. The monoisotopic (exact) mass is 435 g/mol. The number of nitrogens with one attached hydrogen (secondary N) is 2. The molecule has 0 bridgehead atoms. The number of rotatable bonds is 8. The number of carbonyl (C=O) groups is 1. The number of amides is 1. The standard InChI is InChI=1S/C23H22ClN5O2/c1-2-31-23-18-10-7-16(22(30)27-11-3-4-20-25-12-13-26-20)14-19(18)28-21(29-23)15-5-8-17(24)9-6-15/h5-10,12-14H,2-4,11H2,1H3,(H,25,26)(H,27,30). The molecule has 1 amide bonds. The number of benzene rings is 2. The van der Waals surface area contributed by atoms with E-state index in [0.29, 0.717) is 41.0 Å². The Bertz CT molecular complexity index is 1180. The third-order valence-corrected chi connectivity index (χ3v) is 4.99. The van der Waals surface area contributed by atoms with Gasteiger partial charge in [-0.25, -0.2) is 9.97 Å². The summed E-state index contributed by atoms with van der Waals surface area (Å²) >= 11 is 6.00. The molecule has 31 heavy (non-hydrogen) atoms. The number of aromatic nitrogens is 4. The summed E-state index contributed by atoms with van der Waals surface area (Å²) in [5, 5.41) is 4.35. The Morgan fingerprint density at radius 3 is 2.74 bits per heavy atom. The molecule has 0 saturated heterocycles. The summed E-state index contributed by atoms with van der Waals surface area (Å²) in [4.78, 5) is 29.1. The Morgan fingerprint density at radius 1 is 1.16 bits per heavy atom. The molecule has 7 nitrogen and oxygen atoms in total. The van der Waals surface area contributed by atoms with Crippen LogP contribution in [0, 0.1) is 0 Å². The molecule has 8 heteroatoms. The normalized spacial score (nSPS) is 10.9. The van der Waals surface area contributed by atoms with Gasteiger partial charge in [0.1, 0.15) is 5.82 Å². The fourth-order valence-corrected chi connectivity index (χ4v) is 3.34. The summed E-state index contributed by atoms with van der Waals surface area (Å²) < 4.78 is 5.73. The molecule has 0 aliphatic heterocycles. The van der Waals surface area contributed by atoms with Gasteiger partial charge in [0.2, 0.25) is 5.88 Å². The molecule has 2 aromatic carbocycles. The van der Waals surface area contributed by atoms with Crippen molar-refractivity contribution in [3.63, 3.8) is 0 Å². The fourth-order valence-electron chi connectivity index (χ4n) is 3.21. The van der Waals surface area contributed by atoms with Gasteiger partial charge in [0, 0.05) is 41.5 Å². The van der Waals surface area contributed by atoms with Crippen molar-refractivity contribution in [2.45, 2.75) is 19.8 Å². The summed E-state index contributed by atoms with van der Waals surface area (Å²) in [5.41, 5.74) is 2.00. The van der Waals surface area contributed by atoms with Gasteiger partial charge in [-0.3, -0.25) is 4.79 Å². The predicted molar refractivity (Wildman–Crippen MR) is 120 cm³/mol. The van der Waals surface area contributed by atoms with Crippen LogP contribution in [0.4, 0.5) is 0 Å². The van der Waals surface area contributed by atoms with Crippen molar-refractivity contribution < 1.29 is 9.53 Å². The van der Waals surface area contributed by atoms with Gasteiger partial charge in [-0.15, -0.1) is 0 Å². The number of aromatic amines is 1. The summed E-state index contributed by atoms with van der Waals surface area (Å²) in [6.45, 7) is 2.94. The molecular formula is C23H22ClN5O2. The molecule has 0 spiro atoms. The number of nitrogens with zero attached hydrogens (tertiary/aromatic N) is 3. The molecule has 0 atom stereocenters. The first-order valence-electron chi connectivity index (χ1n) is 10.1. The zero-order valence-electron chi connectivity index (χ0n) is 17.1. The zero-order valence-corrected chi connectivity index (χ0v) is 17.8. The second-order valence-corrected chi connectivity index (χ2v) is 7.36. The van der Waals surface area contributed by atoms with Crippen LogP contribution in [0.25, 0.3) is 22.3 Å². The lowest BCUT2D eigenvalue weighted by atomic mass is 10.1. The van der Waals surface area contributed by atoms with Crippen LogP contribution in [0.5, 0.6) is 5.88 Å². The molecule has 0 radical (unpaired) electrons. The Hall–Kier alpha value is -3.45. The van der Waals surface area contributed by atoms with Crippen LogP contribution in [0.3, 0.4) is 0 Å². The van der Waals surface area contributed by atoms with Gasteiger partial charge in [-0.1, -0.05) is 11.6 Å². The van der Waals surface area contributed by atoms with Crippen molar-refractivity contribution in [1.29, 1.82) is 0 Å². The molecule has 2 aromatic heterocycles. The van der Waals surface area contributed by atoms with Gasteiger partial charge in [0.15, 0.2) is 5.82 Å². The Balaban J connectivity index is 1.56. The minimum absolute atomic E-state index is 0.147. The van der Waals surface area contributed by atoms with E-state index in [-0.39, 0.29) is 5.91 Å². The Morgan fingerprint density at radius 2 is 2.00 bits per heavy atom. The number of hydrogen-bond acceptors (Lipinski definition) is 5. The minimum Gasteiger partial charge on any atom is -0.477 e. The number of hydrogen-bond donors (Lipinski definition) is 2. The average molecular weight is 436 g/mol. The Kier molecular flexibility index (Phi) is 6.43. The molecule has 4 rings (SSSR count). The quantitative estimate of drug-likeness (QED) is 0.399. The molecule has 0 unspecified atom stereocenters. The average Bonchev–Trinajstić information content (AvgIpc) is 3.30. The summed E-state index contributed by atoms with van der Waals surface area (Å²) in [5.74, 6) is 1.77. The molecule has 158 valence electrons. The summed E-state index contributed by atoms with van der Waals surface area (Å²) in [7, 11) is 0. The first-order chi connectivity index (χ1) is 15.1. The number of carbonyl (C=O) groups excluding carboxylic acids is 1. The lowest BCUT2D eigenvalue weighted by molar-refractivity contribution is 0.0953. The maximum absolute atomic E-state index is 12.6. The van der Waals surface area contributed by atoms with Crippen molar-refractivity contribution in [2.24, 2.45) is 0 Å². The van der Waals surface area contributed by atoms with Crippen LogP contribution in [0.15, 0.2) is 54.9 Å². The fraction of sp³-hybridized carbons (Fsp3) is 0.217. The number of imidazole rings is 1. The van der Waals surface area contributed by atoms with Crippen LogP contribution < -0.4 is 10.1 Å². The van der Waals surface area contributed by atoms with Gasteiger partial charge in [0.25, 0.3) is 5.91 Å². The van der Waals surface area contributed by atoms with E-state index in [1.54, 1.807) is 36.7 Å². The molecule has 0 aliphatic rings. The van der Waals surface area contributed by atoms with E-state index < -0.39 is 0 Å². The second kappa shape index (κ2) is 9.57. The SMILES string of the molecule is CCOc1nc(-c2ccc(Cl)cc2)nc2cc(C(=O)NCCCc3ncc[nH]3)ccc12. The number of aryl methyl sites for hydroxylation is 1. The third-order valence-electron chi connectivity index (χ3n) is 4.74. The maximum Gasteiger partial charge on any atom is 0.251 e. The van der Waals surface area contributed by atoms with Crippen molar-refractivity contribution in [3.8, 4) is 17.3 Å². The van der Waals surface area contributed by atoms with Crippen molar-refractivity contribution in [3.05, 3.63) is 71.3 Å². The largest absolute Gasteiger partial charge is 0.477 e. The zero-order chi connectivity index (χ0) is 21.6. The number of halogens is 1. The van der Waals surface area contributed by atoms with Gasteiger partial charge in [-0.05, 0) is 55.8 Å². The molecule has 2 N–H and O–H groups in total. The second-order valence-electron chi connectivity index (χ2n) is 6.92. The van der Waals surface area contributed by atoms with Gasteiger partial charge >= 0.3 is 0 Å². The van der Waals surface area contributed by atoms with E-state index in [9.17, 15) is 4.79 Å². The predicted octanol–water partition coefficient (Wildman–Crippen LogP) is 4.43. The van der Waals surface area contributed by atoms with E-state index in [2.05, 4.69) is 25.3 Å². The highest BCUT2D eigenvalue weighted by Crippen LogP contribution is 2.28. The number of H-pyrrole nitrogens is 1. The smallest absolute Gasteiger partial charge is 0.251 e. The van der Waals surface area contributed by atoms with E-state index in [1.807, 2.05) is 25.1 Å². The highest BCUT2D eigenvalue weighted by Gasteiger charge is 2.13. The molecule has 0 fully saturated rings. The topological polar surface area (TPSA) is 92.8 Å². The molecular weight excluding hydrogens is 414 g/mol. The first-order valence-corrected chi connectivity index (χ1v) is 10.5. The molecule has 0 saturated carbocycles. The molecule has 2 heterocycles. The van der Waals surface area contributed by atoms with E-state index >= 15 is 0 Å². The van der Waals surface area contributed by atoms with Crippen LogP contribution in [-0.4, -0.2) is 39.0 Å². The van der Waals surface area contributed by atoms with Gasteiger partial charge in [0.05, 0.1) is 17.5 Å². The number of ether oxygens (including phenoxy) is 1. The highest BCUT2D eigenvalue weighted by atomic mass is 35.5. The Labute approximate surface area is 184 Å². The van der Waals surface area contributed by atoms with Crippen LogP contribution >= 0.6 is 11.6 Å². The van der Waals surface area contributed by atoms with Crippen molar-refractivity contribution in [1.82, 2.24) is 25.3 Å². The van der Waals surface area contributed by atoms with Crippen molar-refractivity contribution in [2.75, 3.05) is 13.2 Å². The van der Waals surface area contributed by atoms with Crippen LogP contribution in [0.1, 0.15) is 29.5 Å². The van der Waals surface area contributed by atoms with Crippen LogP contribution in [0.2, 0.25) is 5.02 Å².